The third kappa shape index (κ3) is 7.08. The first kappa shape index (κ1) is 42.6. The fourth-order valence-electron chi connectivity index (χ4n) is 9.38. The van der Waals surface area contributed by atoms with Crippen molar-refractivity contribution in [1.82, 2.24) is 0 Å². The molecule has 3 aliphatic carbocycles. The summed E-state index contributed by atoms with van der Waals surface area (Å²) >= 11 is 0. The highest BCUT2D eigenvalue weighted by Crippen LogP contribution is 2.53. The maximum atomic E-state index is 12.2. The smallest absolute Gasteiger partial charge is 0.226 e. The zero-order valence-corrected chi connectivity index (χ0v) is 33.4. The van der Waals surface area contributed by atoms with Crippen LogP contribution in [0.1, 0.15) is 102 Å². The van der Waals surface area contributed by atoms with Crippen molar-refractivity contribution in [1.29, 1.82) is 0 Å². The Labute approximate surface area is 318 Å². The van der Waals surface area contributed by atoms with Gasteiger partial charge in [0.05, 0.1) is 50.2 Å². The van der Waals surface area contributed by atoms with Crippen LogP contribution < -0.4 is 0 Å². The number of fused-ring (bicyclic) bond motifs is 3. The Hall–Kier alpha value is -4.12. The minimum absolute atomic E-state index is 0.0273. The first-order valence-corrected chi connectivity index (χ1v) is 18.3. The van der Waals surface area contributed by atoms with E-state index in [0.717, 1.165) is 0 Å². The fraction of sp³-hybridized carbons (Fsp3) is 0.667. The molecular weight excluding hydrogens is 690 g/mol. The predicted octanol–water partition coefficient (Wildman–Crippen LogP) is 6.25. The lowest BCUT2D eigenvalue weighted by atomic mass is 9.60. The van der Waals surface area contributed by atoms with Gasteiger partial charge in [0.2, 0.25) is 17.1 Å². The van der Waals surface area contributed by atoms with Crippen molar-refractivity contribution in [3.05, 3.63) is 69.6 Å². The molecule has 6 aliphatic rings. The van der Waals surface area contributed by atoms with Crippen LogP contribution in [-0.2, 0) is 38.2 Å². The molecule has 0 unspecified atom stereocenters. The molecule has 0 spiro atoms. The first-order chi connectivity index (χ1) is 24.7. The number of aliphatic hydroxyl groups is 1. The van der Waals surface area contributed by atoms with Gasteiger partial charge in [0.15, 0.2) is 28.9 Å². The molecule has 0 amide bonds. The highest BCUT2D eigenvalue weighted by molar-refractivity contribution is 6.04. The molecule has 290 valence electrons. The summed E-state index contributed by atoms with van der Waals surface area (Å²) in [6, 6.07) is 0. The van der Waals surface area contributed by atoms with E-state index in [1.807, 2.05) is 41.5 Å². The second-order valence-electron chi connectivity index (χ2n) is 18.2. The van der Waals surface area contributed by atoms with Gasteiger partial charge in [0.1, 0.15) is 12.2 Å². The van der Waals surface area contributed by atoms with E-state index >= 15 is 0 Å². The van der Waals surface area contributed by atoms with Gasteiger partial charge in [-0.05, 0) is 27.2 Å². The Morgan fingerprint density at radius 1 is 0.556 bits per heavy atom. The normalized spacial score (nSPS) is 40.1. The van der Waals surface area contributed by atoms with Crippen molar-refractivity contribution in [3.8, 4) is 0 Å². The molecule has 54 heavy (non-hydrogen) atoms. The molecule has 0 aromatic rings. The molecule has 6 rings (SSSR count). The Bertz CT molecular complexity index is 1790. The number of carbonyl (C=O) groups excluding carboxylic acids is 5. The van der Waals surface area contributed by atoms with Crippen molar-refractivity contribution in [2.24, 2.45) is 32.5 Å². The van der Waals surface area contributed by atoms with Crippen LogP contribution in [0.2, 0.25) is 0 Å². The number of Topliss-reactive ketones (excluding diaryl/α,β-unsaturated/α-hetero) is 5. The van der Waals surface area contributed by atoms with Gasteiger partial charge in [0, 0.05) is 45.3 Å². The molecule has 0 saturated carbocycles. The zero-order chi connectivity index (χ0) is 41.1. The van der Waals surface area contributed by atoms with Gasteiger partial charge in [-0.1, -0.05) is 80.5 Å². The summed E-state index contributed by atoms with van der Waals surface area (Å²) in [6.45, 7) is 43.1. The summed E-state index contributed by atoms with van der Waals surface area (Å²) in [5, 5.41) is 9.96. The average Bonchev–Trinajstić information content (AvgIpc) is 3.08. The summed E-state index contributed by atoms with van der Waals surface area (Å²) in [6.07, 6.45) is 3.34. The van der Waals surface area contributed by atoms with Crippen LogP contribution >= 0.6 is 0 Å². The Morgan fingerprint density at radius 2 is 0.852 bits per heavy atom. The van der Waals surface area contributed by atoms with Gasteiger partial charge in [-0.3, -0.25) is 9.59 Å². The summed E-state index contributed by atoms with van der Waals surface area (Å²) in [5.74, 6) is -0.495. The molecule has 3 fully saturated rings. The molecule has 3 saturated heterocycles. The van der Waals surface area contributed by atoms with Gasteiger partial charge >= 0.3 is 0 Å². The summed E-state index contributed by atoms with van der Waals surface area (Å²) in [4.78, 5) is 70.2. The van der Waals surface area contributed by atoms with Crippen LogP contribution in [-0.4, -0.2) is 76.8 Å². The maximum Gasteiger partial charge on any atom is 0.226 e. The Kier molecular flexibility index (Phi) is 11.2. The lowest BCUT2D eigenvalue weighted by Crippen LogP contribution is -2.58. The van der Waals surface area contributed by atoms with Crippen molar-refractivity contribution in [2.75, 3.05) is 0 Å². The predicted molar refractivity (Wildman–Crippen MR) is 198 cm³/mol. The van der Waals surface area contributed by atoms with Crippen LogP contribution in [0.3, 0.4) is 0 Å². The molecule has 10 atom stereocenters. The second kappa shape index (κ2) is 14.2. The van der Waals surface area contributed by atoms with Gasteiger partial charge in [-0.2, -0.15) is 0 Å². The van der Waals surface area contributed by atoms with E-state index < -0.39 is 50.8 Å². The molecule has 12 nitrogen and oxygen atoms in total. The van der Waals surface area contributed by atoms with Crippen molar-refractivity contribution in [2.45, 2.75) is 145 Å². The highest BCUT2D eigenvalue weighted by Gasteiger charge is 2.58. The lowest BCUT2D eigenvalue weighted by Gasteiger charge is -2.52. The highest BCUT2D eigenvalue weighted by atomic mass is 16.5. The zero-order valence-electron chi connectivity index (χ0n) is 33.4. The number of aliphatic hydroxyl groups excluding tert-OH is 1. The number of hydrogen-bond acceptors (Lipinski definition) is 9. The van der Waals surface area contributed by atoms with E-state index in [1.54, 1.807) is 59.8 Å². The van der Waals surface area contributed by atoms with Gasteiger partial charge < -0.3 is 33.7 Å². The number of allylic oxidation sites excluding steroid dienone is 3. The van der Waals surface area contributed by atoms with E-state index in [2.05, 4.69) is 14.5 Å². The second-order valence-corrected chi connectivity index (χ2v) is 18.2. The summed E-state index contributed by atoms with van der Waals surface area (Å²) in [5.41, 5.74) is -3.39. The molecule has 0 bridgehead atoms. The number of rotatable bonds is 0. The van der Waals surface area contributed by atoms with Crippen LogP contribution in [0.25, 0.3) is 14.5 Å². The fourth-order valence-corrected chi connectivity index (χ4v) is 9.38. The SMILES string of the molecule is [C-]#[N+]C1=C[C@@]2(C)CC(=O)[C@H](C)O[C@@H]2C(C)(C)C1=O.[C-]#[N+]C1=C[C@]2(C)CC(=O)[C@@H](C)O[C@H]2C(C)(C)C1=O.[C-]#[N+]C1=C[C@]2(C)C[C@H](O)[C@@H](C)O[C@H]2C(C)(C)C1=O. The average molecular weight is 744 g/mol. The number of ether oxygens (including phenoxy) is 3. The van der Waals surface area contributed by atoms with Gasteiger partial charge in [0.25, 0.3) is 0 Å². The monoisotopic (exact) mass is 743 g/mol. The maximum absolute atomic E-state index is 12.2. The minimum atomic E-state index is -0.766. The summed E-state index contributed by atoms with van der Waals surface area (Å²) in [7, 11) is 0. The molecular formula is C42H53N3O9. The van der Waals surface area contributed by atoms with E-state index in [9.17, 15) is 29.1 Å². The van der Waals surface area contributed by atoms with Gasteiger partial charge in [-0.25, -0.2) is 14.5 Å². The number of nitrogens with zero attached hydrogens (tertiary/aromatic N) is 3. The van der Waals surface area contributed by atoms with Crippen molar-refractivity contribution < 1.29 is 43.3 Å². The van der Waals surface area contributed by atoms with E-state index in [4.69, 9.17) is 33.9 Å². The number of carbonyl (C=O) groups is 5. The van der Waals surface area contributed by atoms with E-state index in [0.29, 0.717) is 19.3 Å². The largest absolute Gasteiger partial charge is 0.390 e. The third-order valence-electron chi connectivity index (χ3n) is 12.2. The lowest BCUT2D eigenvalue weighted by molar-refractivity contribution is -0.197. The van der Waals surface area contributed by atoms with Crippen LogP contribution in [0, 0.1) is 52.2 Å². The standard InChI is InChI=1S/C14H19NO3.2C14H17NO3/c3*1-8-10(16)7-14(4)6-9(15-5)11(17)13(2,3)12(14)18-8/h6,8,10,12,16H,7H2,1-4H3;2*6,8,12H,7H2,1-4H3/t8-,10+,12+,14-;2*8-,12+,14-/m110/s1. The molecule has 3 aliphatic heterocycles. The molecule has 3 heterocycles. The first-order valence-electron chi connectivity index (χ1n) is 18.3. The number of ketones is 5. The van der Waals surface area contributed by atoms with Crippen LogP contribution in [0.5, 0.6) is 0 Å². The van der Waals surface area contributed by atoms with Crippen LogP contribution in [0.15, 0.2) is 35.3 Å². The topological polar surface area (TPSA) is 146 Å². The Balaban J connectivity index is 0.000000180. The molecule has 1 N–H and O–H groups in total. The van der Waals surface area contributed by atoms with Gasteiger partial charge in [-0.15, -0.1) is 0 Å². The number of hydrogen-bond donors (Lipinski definition) is 1. The molecule has 0 aromatic heterocycles. The third-order valence-corrected chi connectivity index (χ3v) is 12.2. The quantitative estimate of drug-likeness (QED) is 0.285. The van der Waals surface area contributed by atoms with Crippen molar-refractivity contribution >= 4 is 28.9 Å². The van der Waals surface area contributed by atoms with E-state index in [1.165, 1.54) is 0 Å². The van der Waals surface area contributed by atoms with Crippen LogP contribution in [0.4, 0.5) is 0 Å². The summed E-state index contributed by atoms with van der Waals surface area (Å²) < 4.78 is 17.4. The van der Waals surface area contributed by atoms with Crippen molar-refractivity contribution in [3.63, 3.8) is 0 Å². The molecule has 0 aromatic carbocycles. The Morgan fingerprint density at radius 3 is 1.17 bits per heavy atom. The molecule has 0 radical (unpaired) electrons. The molecule has 12 heteroatoms. The minimum Gasteiger partial charge on any atom is -0.390 e. The van der Waals surface area contributed by atoms with E-state index in [-0.39, 0.29) is 70.4 Å².